The summed E-state index contributed by atoms with van der Waals surface area (Å²) in [6.45, 7) is 10.7. The van der Waals surface area contributed by atoms with Crippen molar-refractivity contribution >= 4 is 5.69 Å². The number of nitrogens with one attached hydrogen (secondary N) is 1. The van der Waals surface area contributed by atoms with Gasteiger partial charge in [0.2, 0.25) is 0 Å². The molecule has 1 N–H and O–H groups in total. The third-order valence-electron chi connectivity index (χ3n) is 4.79. The molecule has 1 aromatic rings. The fourth-order valence-electron chi connectivity index (χ4n) is 3.36. The second-order valence-corrected chi connectivity index (χ2v) is 7.00. The molecule has 0 atom stereocenters. The molecular formula is C16H23N. The van der Waals surface area contributed by atoms with Gasteiger partial charge >= 0.3 is 0 Å². The highest BCUT2D eigenvalue weighted by Crippen LogP contribution is 2.47. The number of anilines is 1. The van der Waals surface area contributed by atoms with Crippen LogP contribution < -0.4 is 5.32 Å². The predicted molar refractivity (Wildman–Crippen MR) is 73.9 cm³/mol. The van der Waals surface area contributed by atoms with E-state index in [1.54, 1.807) is 11.1 Å². The minimum absolute atomic E-state index is 0.337. The molecule has 1 heterocycles. The van der Waals surface area contributed by atoms with Crippen LogP contribution in [0.4, 0.5) is 5.69 Å². The van der Waals surface area contributed by atoms with Crippen LogP contribution in [0.2, 0.25) is 0 Å². The van der Waals surface area contributed by atoms with Gasteiger partial charge in [0.25, 0.3) is 0 Å². The molecular weight excluding hydrogens is 206 g/mol. The molecule has 1 aromatic carbocycles. The van der Waals surface area contributed by atoms with E-state index in [4.69, 9.17) is 0 Å². The molecule has 0 aromatic heterocycles. The van der Waals surface area contributed by atoms with E-state index in [9.17, 15) is 0 Å². The highest BCUT2D eigenvalue weighted by atomic mass is 14.9. The van der Waals surface area contributed by atoms with Crippen molar-refractivity contribution in [2.24, 2.45) is 0 Å². The largest absolute Gasteiger partial charge is 0.384 e. The summed E-state index contributed by atoms with van der Waals surface area (Å²) in [4.78, 5) is 0. The zero-order valence-corrected chi connectivity index (χ0v) is 11.5. The molecule has 0 amide bonds. The van der Waals surface area contributed by atoms with Gasteiger partial charge in [-0.25, -0.2) is 0 Å². The maximum absolute atomic E-state index is 3.52. The van der Waals surface area contributed by atoms with Gasteiger partial charge < -0.3 is 5.32 Å². The monoisotopic (exact) mass is 229 g/mol. The van der Waals surface area contributed by atoms with Gasteiger partial charge in [-0.2, -0.15) is 0 Å². The molecule has 0 unspecified atom stereocenters. The molecule has 0 saturated carbocycles. The van der Waals surface area contributed by atoms with Crippen LogP contribution in [-0.2, 0) is 17.3 Å². The van der Waals surface area contributed by atoms with E-state index in [1.807, 2.05) is 0 Å². The van der Waals surface area contributed by atoms with Crippen LogP contribution in [0, 0.1) is 0 Å². The Morgan fingerprint density at radius 1 is 0.941 bits per heavy atom. The molecule has 3 rings (SSSR count). The Morgan fingerprint density at radius 3 is 2.18 bits per heavy atom. The minimum atomic E-state index is 0.337. The molecule has 1 heteroatoms. The van der Waals surface area contributed by atoms with Crippen LogP contribution in [0.1, 0.15) is 57.2 Å². The summed E-state index contributed by atoms with van der Waals surface area (Å²) in [5, 5.41) is 3.52. The third-order valence-corrected chi connectivity index (χ3v) is 4.79. The molecule has 0 saturated heterocycles. The molecule has 1 nitrogen and oxygen atoms in total. The van der Waals surface area contributed by atoms with Gasteiger partial charge in [0.05, 0.1) is 0 Å². The van der Waals surface area contributed by atoms with E-state index >= 15 is 0 Å². The van der Waals surface area contributed by atoms with Crippen LogP contribution >= 0.6 is 0 Å². The van der Waals surface area contributed by atoms with Crippen LogP contribution in [0.25, 0.3) is 0 Å². The van der Waals surface area contributed by atoms with Gasteiger partial charge in [0.15, 0.2) is 0 Å². The molecule has 0 radical (unpaired) electrons. The van der Waals surface area contributed by atoms with Crippen molar-refractivity contribution in [3.05, 3.63) is 28.8 Å². The van der Waals surface area contributed by atoms with Gasteiger partial charge in [0, 0.05) is 12.2 Å². The summed E-state index contributed by atoms with van der Waals surface area (Å²) in [7, 11) is 0. The fourth-order valence-corrected chi connectivity index (χ4v) is 3.36. The highest BCUT2D eigenvalue weighted by Gasteiger charge is 2.37. The maximum atomic E-state index is 3.52. The van der Waals surface area contributed by atoms with Crippen LogP contribution in [0.3, 0.4) is 0 Å². The van der Waals surface area contributed by atoms with Crippen LogP contribution in [-0.4, -0.2) is 6.54 Å². The third kappa shape index (κ3) is 1.59. The Balaban J connectivity index is 2.23. The number of hydrogen-bond donors (Lipinski definition) is 1. The van der Waals surface area contributed by atoms with Crippen LogP contribution in [0.5, 0.6) is 0 Å². The van der Waals surface area contributed by atoms with Gasteiger partial charge in [-0.15, -0.1) is 0 Å². The standard InChI is InChI=1S/C16H23N/c1-15(2)6-7-16(3,4)13-10-14-11(5-8-17-14)9-12(13)15/h9-10,17H,5-8H2,1-4H3. The van der Waals surface area contributed by atoms with E-state index < -0.39 is 0 Å². The smallest absolute Gasteiger partial charge is 0.0376 e. The number of benzene rings is 1. The lowest BCUT2D eigenvalue weighted by atomic mass is 9.63. The summed E-state index contributed by atoms with van der Waals surface area (Å²) >= 11 is 0. The first-order chi connectivity index (χ1) is 7.90. The molecule has 92 valence electrons. The first-order valence-electron chi connectivity index (χ1n) is 6.82. The van der Waals surface area contributed by atoms with E-state index in [0.717, 1.165) is 6.54 Å². The molecule has 2 aliphatic rings. The lowest BCUT2D eigenvalue weighted by Crippen LogP contribution is -2.33. The molecule has 0 fully saturated rings. The Kier molecular flexibility index (Phi) is 2.14. The second-order valence-electron chi connectivity index (χ2n) is 7.00. The Morgan fingerprint density at radius 2 is 1.53 bits per heavy atom. The summed E-state index contributed by atoms with van der Waals surface area (Å²) < 4.78 is 0. The Bertz CT molecular complexity index is 426. The van der Waals surface area contributed by atoms with E-state index in [2.05, 4.69) is 45.1 Å². The van der Waals surface area contributed by atoms with Crippen molar-refractivity contribution in [1.29, 1.82) is 0 Å². The van der Waals surface area contributed by atoms with Crippen molar-refractivity contribution in [2.45, 2.75) is 57.8 Å². The second kappa shape index (κ2) is 3.28. The summed E-state index contributed by atoms with van der Waals surface area (Å²) in [6, 6.07) is 4.91. The van der Waals surface area contributed by atoms with Crippen LogP contribution in [0.15, 0.2) is 12.1 Å². The lowest BCUT2D eigenvalue weighted by Gasteiger charge is -2.42. The molecule has 1 aliphatic heterocycles. The zero-order valence-electron chi connectivity index (χ0n) is 11.5. The maximum Gasteiger partial charge on any atom is 0.0376 e. The zero-order chi connectivity index (χ0) is 12.3. The lowest BCUT2D eigenvalue weighted by molar-refractivity contribution is 0.332. The van der Waals surface area contributed by atoms with Crippen molar-refractivity contribution in [1.82, 2.24) is 0 Å². The molecule has 0 bridgehead atoms. The first kappa shape index (κ1) is 11.1. The molecule has 0 spiro atoms. The van der Waals surface area contributed by atoms with Crippen molar-refractivity contribution in [3.63, 3.8) is 0 Å². The Labute approximate surface area is 105 Å². The normalized spacial score (nSPS) is 23.8. The fraction of sp³-hybridized carbons (Fsp3) is 0.625. The summed E-state index contributed by atoms with van der Waals surface area (Å²) in [5.74, 6) is 0. The number of rotatable bonds is 0. The molecule has 1 aliphatic carbocycles. The number of hydrogen-bond acceptors (Lipinski definition) is 1. The van der Waals surface area contributed by atoms with Gasteiger partial charge in [0.1, 0.15) is 0 Å². The van der Waals surface area contributed by atoms with Gasteiger partial charge in [-0.05, 0) is 52.8 Å². The molecule has 17 heavy (non-hydrogen) atoms. The number of fused-ring (bicyclic) bond motifs is 2. The van der Waals surface area contributed by atoms with Gasteiger partial charge in [-0.1, -0.05) is 33.8 Å². The Hall–Kier alpha value is -0.980. The van der Waals surface area contributed by atoms with E-state index in [-0.39, 0.29) is 0 Å². The van der Waals surface area contributed by atoms with E-state index in [1.165, 1.54) is 30.5 Å². The van der Waals surface area contributed by atoms with E-state index in [0.29, 0.717) is 10.8 Å². The topological polar surface area (TPSA) is 12.0 Å². The van der Waals surface area contributed by atoms with Gasteiger partial charge in [-0.3, -0.25) is 0 Å². The minimum Gasteiger partial charge on any atom is -0.384 e. The predicted octanol–water partition coefficient (Wildman–Crippen LogP) is 4.00. The average molecular weight is 229 g/mol. The van der Waals surface area contributed by atoms with Crippen molar-refractivity contribution in [3.8, 4) is 0 Å². The quantitative estimate of drug-likeness (QED) is 0.709. The van der Waals surface area contributed by atoms with Crippen molar-refractivity contribution in [2.75, 3.05) is 11.9 Å². The average Bonchev–Trinajstić information content (AvgIpc) is 2.70. The highest BCUT2D eigenvalue weighted by molar-refractivity contribution is 5.62. The summed E-state index contributed by atoms with van der Waals surface area (Å²) in [6.07, 6.45) is 3.80. The van der Waals surface area contributed by atoms with Crippen molar-refractivity contribution < 1.29 is 0 Å². The summed E-state index contributed by atoms with van der Waals surface area (Å²) in [5.41, 5.74) is 6.76. The SMILES string of the molecule is CC1(C)CCC(C)(C)c2cc3c(cc21)CCN3. The first-order valence-corrected chi connectivity index (χ1v) is 6.82.